The summed E-state index contributed by atoms with van der Waals surface area (Å²) in [5.41, 5.74) is -0.830. The summed E-state index contributed by atoms with van der Waals surface area (Å²) in [5, 5.41) is 3.43. The Hall–Kier alpha value is -2.87. The number of pyridine rings is 1. The molecule has 1 atom stereocenters. The molecule has 1 saturated carbocycles. The van der Waals surface area contributed by atoms with Crippen LogP contribution in [0.25, 0.3) is 11.0 Å². The van der Waals surface area contributed by atoms with E-state index in [0.29, 0.717) is 32.4 Å². The first-order chi connectivity index (χ1) is 16.5. The number of nitrogens with one attached hydrogen (secondary N) is 1. The molecule has 0 spiro atoms. The largest absolute Gasteiger partial charge is 0.464 e. The lowest BCUT2D eigenvalue weighted by atomic mass is 9.79. The predicted octanol–water partition coefficient (Wildman–Crippen LogP) is 5.60. The van der Waals surface area contributed by atoms with Gasteiger partial charge in [0.15, 0.2) is 0 Å². The van der Waals surface area contributed by atoms with Gasteiger partial charge in [-0.1, -0.05) is 18.2 Å². The molecule has 1 aliphatic heterocycles. The van der Waals surface area contributed by atoms with Crippen LogP contribution in [0.5, 0.6) is 0 Å². The van der Waals surface area contributed by atoms with Crippen molar-refractivity contribution in [3.63, 3.8) is 0 Å². The van der Waals surface area contributed by atoms with Crippen molar-refractivity contribution in [3.8, 4) is 0 Å². The van der Waals surface area contributed by atoms with Crippen LogP contribution in [0, 0.1) is 5.41 Å². The van der Waals surface area contributed by atoms with Crippen LogP contribution in [-0.4, -0.2) is 40.6 Å². The number of halogens is 3. The van der Waals surface area contributed by atoms with E-state index in [0.717, 1.165) is 22.2 Å². The second-order valence-corrected chi connectivity index (χ2v) is 10.6. The smallest absolute Gasteiger partial charge is 0.411 e. The summed E-state index contributed by atoms with van der Waals surface area (Å²) in [6, 6.07) is 13.5. The van der Waals surface area contributed by atoms with Crippen LogP contribution in [0.2, 0.25) is 0 Å². The summed E-state index contributed by atoms with van der Waals surface area (Å²) < 4.78 is 46.5. The SMILES string of the molecule is CC(C)(c1ccccn1)N1CC[C@@](CCc2ccc3ccoc3c2)(C(=O)NC2(C(F)(F)F)CC2)C1. The van der Waals surface area contributed by atoms with E-state index in [4.69, 9.17) is 4.42 Å². The van der Waals surface area contributed by atoms with Crippen LogP contribution in [-0.2, 0) is 16.8 Å². The molecule has 0 bridgehead atoms. The van der Waals surface area contributed by atoms with E-state index in [9.17, 15) is 18.0 Å². The van der Waals surface area contributed by atoms with Crippen molar-refractivity contribution >= 4 is 16.9 Å². The second kappa shape index (κ2) is 8.36. The van der Waals surface area contributed by atoms with Crippen LogP contribution in [0.3, 0.4) is 0 Å². The van der Waals surface area contributed by atoms with Gasteiger partial charge in [0.2, 0.25) is 5.91 Å². The molecule has 3 heterocycles. The highest BCUT2D eigenvalue weighted by Gasteiger charge is 2.65. The standard InChI is InChI=1S/C27H30F3N3O2/c1-24(2,22-5-3-4-14-31-22)33-15-13-25(18-33,23(34)32-26(11-12-26)27(28,29)30)10-8-19-6-7-20-9-16-35-21(20)17-19/h3-7,9,14,16-17H,8,10-13,15,18H2,1-2H3,(H,32,34)/t25-/m1/s1. The molecule has 3 aromatic rings. The Balaban J connectivity index is 1.40. The zero-order valence-electron chi connectivity index (χ0n) is 20.0. The lowest BCUT2D eigenvalue weighted by Gasteiger charge is -2.37. The summed E-state index contributed by atoms with van der Waals surface area (Å²) in [5.74, 6) is -0.495. The Morgan fingerprint density at radius 3 is 2.63 bits per heavy atom. The molecule has 35 heavy (non-hydrogen) atoms. The average molecular weight is 486 g/mol. The molecule has 2 aliphatic rings. The van der Waals surface area contributed by atoms with E-state index in [1.54, 1.807) is 12.5 Å². The van der Waals surface area contributed by atoms with Gasteiger partial charge in [0.05, 0.1) is 22.9 Å². The van der Waals surface area contributed by atoms with E-state index in [-0.39, 0.29) is 12.8 Å². The molecule has 1 amide bonds. The van der Waals surface area contributed by atoms with E-state index in [2.05, 4.69) is 15.2 Å². The minimum absolute atomic E-state index is 0.0589. The van der Waals surface area contributed by atoms with Gasteiger partial charge in [0.1, 0.15) is 11.1 Å². The van der Waals surface area contributed by atoms with Gasteiger partial charge in [-0.05, 0) is 75.8 Å². The Kier molecular flexibility index (Phi) is 5.70. The number of hydrogen-bond donors (Lipinski definition) is 1. The first kappa shape index (κ1) is 23.9. The summed E-state index contributed by atoms with van der Waals surface area (Å²) >= 11 is 0. The number of likely N-dealkylation sites (tertiary alicyclic amines) is 1. The molecular weight excluding hydrogens is 455 g/mol. The number of nitrogens with zero attached hydrogens (tertiary/aromatic N) is 2. The van der Waals surface area contributed by atoms with Gasteiger partial charge in [-0.15, -0.1) is 0 Å². The Morgan fingerprint density at radius 2 is 1.94 bits per heavy atom. The highest BCUT2D eigenvalue weighted by molar-refractivity contribution is 5.84. The minimum Gasteiger partial charge on any atom is -0.464 e. The van der Waals surface area contributed by atoms with Gasteiger partial charge < -0.3 is 9.73 Å². The molecule has 2 aromatic heterocycles. The zero-order valence-corrected chi connectivity index (χ0v) is 20.0. The summed E-state index contributed by atoms with van der Waals surface area (Å²) in [6.07, 6.45) is 0.315. The van der Waals surface area contributed by atoms with Crippen molar-refractivity contribution in [2.75, 3.05) is 13.1 Å². The van der Waals surface area contributed by atoms with E-state index >= 15 is 0 Å². The number of hydrogen-bond acceptors (Lipinski definition) is 4. The fourth-order valence-corrected chi connectivity index (χ4v) is 5.23. The first-order valence-electron chi connectivity index (χ1n) is 12.1. The maximum atomic E-state index is 13.7. The van der Waals surface area contributed by atoms with Crippen molar-refractivity contribution < 1.29 is 22.4 Å². The van der Waals surface area contributed by atoms with Gasteiger partial charge in [-0.3, -0.25) is 14.7 Å². The third-order valence-corrected chi connectivity index (χ3v) is 7.98. The van der Waals surface area contributed by atoms with Crippen molar-refractivity contribution in [1.29, 1.82) is 0 Å². The fourth-order valence-electron chi connectivity index (χ4n) is 5.23. The quantitative estimate of drug-likeness (QED) is 0.473. The van der Waals surface area contributed by atoms with E-state index in [1.807, 2.05) is 56.3 Å². The van der Waals surface area contributed by atoms with E-state index < -0.39 is 28.6 Å². The molecule has 1 N–H and O–H groups in total. The van der Waals surface area contributed by atoms with Gasteiger partial charge in [0, 0.05) is 24.7 Å². The number of amides is 1. The summed E-state index contributed by atoms with van der Waals surface area (Å²) in [7, 11) is 0. The molecule has 5 nitrogen and oxygen atoms in total. The monoisotopic (exact) mass is 485 g/mol. The number of aryl methyl sites for hydroxylation is 1. The number of fused-ring (bicyclic) bond motifs is 1. The summed E-state index contributed by atoms with van der Waals surface area (Å²) in [6.45, 7) is 5.07. The Bertz CT molecular complexity index is 1220. The molecule has 1 aromatic carbocycles. The maximum Gasteiger partial charge on any atom is 0.411 e. The number of benzene rings is 1. The van der Waals surface area contributed by atoms with Crippen LogP contribution in [0.4, 0.5) is 13.2 Å². The number of rotatable bonds is 7. The third-order valence-electron chi connectivity index (χ3n) is 7.98. The van der Waals surface area contributed by atoms with Crippen molar-refractivity contribution in [2.45, 2.75) is 63.2 Å². The molecule has 0 unspecified atom stereocenters. The van der Waals surface area contributed by atoms with Crippen molar-refractivity contribution in [3.05, 3.63) is 66.2 Å². The molecular formula is C27H30F3N3O2. The number of carbonyl (C=O) groups is 1. The van der Waals surface area contributed by atoms with Crippen LogP contribution < -0.4 is 5.32 Å². The highest BCUT2D eigenvalue weighted by Crippen LogP contribution is 2.50. The van der Waals surface area contributed by atoms with Gasteiger partial charge in [-0.2, -0.15) is 13.2 Å². The van der Waals surface area contributed by atoms with Gasteiger partial charge >= 0.3 is 6.18 Å². The number of carbonyl (C=O) groups excluding carboxylic acids is 1. The predicted molar refractivity (Wildman–Crippen MR) is 127 cm³/mol. The topological polar surface area (TPSA) is 58.4 Å². The molecule has 2 fully saturated rings. The number of furan rings is 1. The first-order valence-corrected chi connectivity index (χ1v) is 12.1. The fraction of sp³-hybridized carbons (Fsp3) is 0.481. The summed E-state index contributed by atoms with van der Waals surface area (Å²) in [4.78, 5) is 20.3. The Morgan fingerprint density at radius 1 is 1.14 bits per heavy atom. The van der Waals surface area contributed by atoms with Crippen LogP contribution >= 0.6 is 0 Å². The molecule has 8 heteroatoms. The van der Waals surface area contributed by atoms with E-state index in [1.165, 1.54) is 0 Å². The third kappa shape index (κ3) is 4.33. The van der Waals surface area contributed by atoms with Gasteiger partial charge in [0.25, 0.3) is 0 Å². The number of aromatic nitrogens is 1. The van der Waals surface area contributed by atoms with Crippen LogP contribution in [0.15, 0.2) is 59.3 Å². The maximum absolute atomic E-state index is 13.7. The van der Waals surface area contributed by atoms with Gasteiger partial charge in [-0.25, -0.2) is 0 Å². The van der Waals surface area contributed by atoms with Crippen molar-refractivity contribution in [2.24, 2.45) is 5.41 Å². The normalized spacial score (nSPS) is 22.4. The lowest BCUT2D eigenvalue weighted by Crippen LogP contribution is -2.54. The molecule has 1 saturated heterocycles. The van der Waals surface area contributed by atoms with Crippen molar-refractivity contribution in [1.82, 2.24) is 15.2 Å². The zero-order chi connectivity index (χ0) is 24.9. The Labute approximate surface area is 202 Å². The lowest BCUT2D eigenvalue weighted by molar-refractivity contribution is -0.173. The number of alkyl halides is 3. The molecule has 5 rings (SSSR count). The second-order valence-electron chi connectivity index (χ2n) is 10.6. The minimum atomic E-state index is -4.44. The molecule has 0 radical (unpaired) electrons. The molecule has 1 aliphatic carbocycles. The van der Waals surface area contributed by atoms with Crippen LogP contribution in [0.1, 0.15) is 50.8 Å². The highest BCUT2D eigenvalue weighted by atomic mass is 19.4. The average Bonchev–Trinajstić information content (AvgIpc) is 3.28. The molecule has 186 valence electrons.